The Morgan fingerprint density at radius 3 is 2.09 bits per heavy atom. The number of rotatable bonds is 2. The zero-order chi connectivity index (χ0) is 16.7. The molecule has 2 aromatic rings. The first kappa shape index (κ1) is 16.9. The summed E-state index contributed by atoms with van der Waals surface area (Å²) in [5.74, 6) is -1.79. The Balaban J connectivity index is 2.72. The van der Waals surface area contributed by atoms with Gasteiger partial charge < -0.3 is 5.11 Å². The lowest BCUT2D eigenvalue weighted by atomic mass is 10.0. The van der Waals surface area contributed by atoms with Gasteiger partial charge in [0.1, 0.15) is 0 Å². The molecule has 1 N–H and O–H groups in total. The highest BCUT2D eigenvalue weighted by molar-refractivity contribution is 6.41. The average molecular weight is 371 g/mol. The molecule has 0 atom stereocenters. The number of hydrogen-bond donors (Lipinski definition) is 1. The Morgan fingerprint density at radius 2 is 1.64 bits per heavy atom. The van der Waals surface area contributed by atoms with Gasteiger partial charge in [-0.25, -0.2) is 9.78 Å². The van der Waals surface area contributed by atoms with Crippen LogP contribution in [0.2, 0.25) is 15.1 Å². The van der Waals surface area contributed by atoms with Crippen LogP contribution in [0.15, 0.2) is 24.4 Å². The molecule has 0 radical (unpaired) electrons. The summed E-state index contributed by atoms with van der Waals surface area (Å²) in [7, 11) is 0. The van der Waals surface area contributed by atoms with Crippen molar-refractivity contribution in [1.29, 1.82) is 0 Å². The Morgan fingerprint density at radius 1 is 1.09 bits per heavy atom. The first-order valence-electron chi connectivity index (χ1n) is 5.56. The minimum absolute atomic E-state index is 0.0236. The van der Waals surface area contributed by atoms with Crippen LogP contribution in [-0.2, 0) is 6.18 Å². The van der Waals surface area contributed by atoms with Gasteiger partial charge in [-0.1, -0.05) is 34.8 Å². The second-order valence-corrected chi connectivity index (χ2v) is 5.42. The largest absolute Gasteiger partial charge is 0.476 e. The van der Waals surface area contributed by atoms with Crippen molar-refractivity contribution in [3.8, 4) is 11.1 Å². The Labute approximate surface area is 137 Å². The Kier molecular flexibility index (Phi) is 4.56. The lowest BCUT2D eigenvalue weighted by Gasteiger charge is -2.13. The molecular formula is C13H5Cl3F3NO2. The normalized spacial score (nSPS) is 11.5. The monoisotopic (exact) mass is 369 g/mol. The molecule has 2 rings (SSSR count). The van der Waals surface area contributed by atoms with Crippen LogP contribution in [0.4, 0.5) is 13.2 Å². The molecule has 0 saturated heterocycles. The molecule has 0 amide bonds. The highest BCUT2D eigenvalue weighted by atomic mass is 35.5. The second-order valence-electron chi connectivity index (χ2n) is 4.17. The number of aromatic carboxylic acids is 1. The van der Waals surface area contributed by atoms with E-state index in [1.165, 1.54) is 12.1 Å². The van der Waals surface area contributed by atoms with Crippen molar-refractivity contribution in [2.24, 2.45) is 0 Å². The van der Waals surface area contributed by atoms with Gasteiger partial charge in [0.15, 0.2) is 5.69 Å². The fourth-order valence-electron chi connectivity index (χ4n) is 1.81. The highest BCUT2D eigenvalue weighted by Crippen LogP contribution is 2.40. The maximum Gasteiger partial charge on any atom is 0.418 e. The number of nitrogens with zero attached hydrogens (tertiary/aromatic N) is 1. The van der Waals surface area contributed by atoms with E-state index in [2.05, 4.69) is 4.98 Å². The number of carboxylic acid groups (broad SMARTS) is 1. The molecule has 9 heteroatoms. The first-order valence-corrected chi connectivity index (χ1v) is 6.70. The van der Waals surface area contributed by atoms with Gasteiger partial charge in [-0.05, 0) is 18.2 Å². The van der Waals surface area contributed by atoms with Crippen LogP contribution in [0.25, 0.3) is 11.1 Å². The summed E-state index contributed by atoms with van der Waals surface area (Å²) in [4.78, 5) is 14.2. The number of benzene rings is 1. The van der Waals surface area contributed by atoms with E-state index in [4.69, 9.17) is 39.9 Å². The van der Waals surface area contributed by atoms with Gasteiger partial charge in [0.2, 0.25) is 0 Å². The molecule has 0 spiro atoms. The summed E-state index contributed by atoms with van der Waals surface area (Å²) < 4.78 is 38.9. The van der Waals surface area contributed by atoms with Crippen LogP contribution in [0.5, 0.6) is 0 Å². The van der Waals surface area contributed by atoms with Crippen molar-refractivity contribution in [2.75, 3.05) is 0 Å². The maximum atomic E-state index is 13.0. The maximum absolute atomic E-state index is 13.0. The summed E-state index contributed by atoms with van der Waals surface area (Å²) in [6, 6.07) is 3.25. The van der Waals surface area contributed by atoms with E-state index >= 15 is 0 Å². The summed E-state index contributed by atoms with van der Waals surface area (Å²) in [5.41, 5.74) is -2.47. The number of pyridine rings is 1. The van der Waals surface area contributed by atoms with Crippen LogP contribution in [0.1, 0.15) is 16.1 Å². The van der Waals surface area contributed by atoms with Gasteiger partial charge >= 0.3 is 12.1 Å². The van der Waals surface area contributed by atoms with E-state index in [1.54, 1.807) is 0 Å². The molecule has 0 fully saturated rings. The standard InChI is InChI=1S/C13H5Cl3F3NO2/c14-6-2-8(15)10(9(16)3-6)5-1-7(13(17,18)19)11(12(21)22)20-4-5/h1-4H,(H,21,22). The van der Waals surface area contributed by atoms with Crippen molar-refractivity contribution in [3.63, 3.8) is 0 Å². The molecule has 0 bridgehead atoms. The molecule has 1 aromatic heterocycles. The molecule has 0 aliphatic rings. The minimum Gasteiger partial charge on any atom is -0.476 e. The average Bonchev–Trinajstić information content (AvgIpc) is 2.36. The zero-order valence-corrected chi connectivity index (χ0v) is 12.6. The van der Waals surface area contributed by atoms with E-state index in [0.717, 1.165) is 6.20 Å². The van der Waals surface area contributed by atoms with Crippen molar-refractivity contribution < 1.29 is 23.1 Å². The van der Waals surface area contributed by atoms with E-state index in [-0.39, 0.29) is 26.2 Å². The van der Waals surface area contributed by atoms with Gasteiger partial charge in [0.25, 0.3) is 0 Å². The summed E-state index contributed by atoms with van der Waals surface area (Å²) >= 11 is 17.6. The topological polar surface area (TPSA) is 50.2 Å². The zero-order valence-electron chi connectivity index (χ0n) is 10.4. The van der Waals surface area contributed by atoms with E-state index in [9.17, 15) is 18.0 Å². The smallest absolute Gasteiger partial charge is 0.418 e. The SMILES string of the molecule is O=C(O)c1ncc(-c2c(Cl)cc(Cl)cc2Cl)cc1C(F)(F)F. The third-order valence-corrected chi connectivity index (χ3v) is 3.51. The Bertz CT molecular complexity index is 740. The van der Waals surface area contributed by atoms with Crippen molar-refractivity contribution >= 4 is 40.8 Å². The summed E-state index contributed by atoms with van der Waals surface area (Å²) in [6.45, 7) is 0. The molecule has 0 saturated carbocycles. The minimum atomic E-state index is -4.89. The third kappa shape index (κ3) is 3.29. The van der Waals surface area contributed by atoms with Gasteiger partial charge in [-0.3, -0.25) is 0 Å². The molecule has 1 heterocycles. The fourth-order valence-corrected chi connectivity index (χ4v) is 2.84. The molecule has 3 nitrogen and oxygen atoms in total. The number of carbonyl (C=O) groups is 1. The lowest BCUT2D eigenvalue weighted by molar-refractivity contribution is -0.138. The molecule has 1 aromatic carbocycles. The number of carboxylic acids is 1. The van der Waals surface area contributed by atoms with Gasteiger partial charge in [0, 0.05) is 22.3 Å². The second kappa shape index (κ2) is 5.95. The van der Waals surface area contributed by atoms with Crippen molar-refractivity contribution in [3.05, 3.63) is 50.7 Å². The van der Waals surface area contributed by atoms with Crippen LogP contribution >= 0.6 is 34.8 Å². The van der Waals surface area contributed by atoms with Crippen LogP contribution < -0.4 is 0 Å². The highest BCUT2D eigenvalue weighted by Gasteiger charge is 2.37. The molecule has 0 unspecified atom stereocenters. The third-order valence-electron chi connectivity index (χ3n) is 2.69. The van der Waals surface area contributed by atoms with E-state index in [0.29, 0.717) is 6.07 Å². The molecule has 0 aliphatic heterocycles. The number of hydrogen-bond acceptors (Lipinski definition) is 2. The van der Waals surface area contributed by atoms with Gasteiger partial charge in [0.05, 0.1) is 15.6 Å². The van der Waals surface area contributed by atoms with Crippen molar-refractivity contribution in [2.45, 2.75) is 6.18 Å². The number of alkyl halides is 3. The molecular weight excluding hydrogens is 366 g/mol. The van der Waals surface area contributed by atoms with Crippen LogP contribution in [0.3, 0.4) is 0 Å². The molecule has 0 aliphatic carbocycles. The quantitative estimate of drug-likeness (QED) is 0.767. The summed E-state index contributed by atoms with van der Waals surface area (Å²) in [6.07, 6.45) is -3.93. The molecule has 22 heavy (non-hydrogen) atoms. The lowest BCUT2D eigenvalue weighted by Crippen LogP contribution is -2.15. The van der Waals surface area contributed by atoms with E-state index in [1.807, 2.05) is 0 Å². The van der Waals surface area contributed by atoms with Gasteiger partial charge in [-0.2, -0.15) is 13.2 Å². The van der Waals surface area contributed by atoms with Crippen LogP contribution in [-0.4, -0.2) is 16.1 Å². The van der Waals surface area contributed by atoms with Gasteiger partial charge in [-0.15, -0.1) is 0 Å². The predicted octanol–water partition coefficient (Wildman–Crippen LogP) is 5.43. The van der Waals surface area contributed by atoms with Crippen molar-refractivity contribution in [1.82, 2.24) is 4.98 Å². The predicted molar refractivity (Wildman–Crippen MR) is 76.7 cm³/mol. The first-order chi connectivity index (χ1) is 10.1. The fraction of sp³-hybridized carbons (Fsp3) is 0.0769. The summed E-state index contributed by atoms with van der Waals surface area (Å²) in [5, 5.41) is 9.06. The van der Waals surface area contributed by atoms with E-state index < -0.39 is 23.4 Å². The Hall–Kier alpha value is -1.50. The number of aromatic nitrogens is 1. The number of halogens is 6. The molecule has 116 valence electrons. The van der Waals surface area contributed by atoms with Crippen LogP contribution in [0, 0.1) is 0 Å².